The van der Waals surface area contributed by atoms with Gasteiger partial charge < -0.3 is 14.7 Å². The standard InChI is InChI=1S/C16H17NO3/c1-8-5-9(2)17(18)12-6-11-13(7-10(8)12)20-16(3,4)15-14(11)19-15/h5-7,14-15H,1-4H3. The second-order valence-corrected chi connectivity index (χ2v) is 6.35. The molecule has 0 bridgehead atoms. The number of aryl methyl sites for hydroxylation is 2. The molecule has 2 unspecified atom stereocenters. The van der Waals surface area contributed by atoms with Crippen LogP contribution in [0.3, 0.4) is 0 Å². The van der Waals surface area contributed by atoms with Crippen molar-refractivity contribution in [3.8, 4) is 5.75 Å². The van der Waals surface area contributed by atoms with Crippen molar-refractivity contribution in [3.05, 3.63) is 40.2 Å². The van der Waals surface area contributed by atoms with E-state index in [0.29, 0.717) is 11.2 Å². The molecule has 0 radical (unpaired) electrons. The van der Waals surface area contributed by atoms with E-state index < -0.39 is 0 Å². The minimum Gasteiger partial charge on any atom is -0.618 e. The number of ether oxygens (including phenoxy) is 2. The number of hydrogen-bond donors (Lipinski definition) is 0. The number of benzene rings is 1. The number of hydrogen-bond acceptors (Lipinski definition) is 3. The maximum Gasteiger partial charge on any atom is 0.224 e. The van der Waals surface area contributed by atoms with Crippen LogP contribution < -0.4 is 9.47 Å². The fourth-order valence-corrected chi connectivity index (χ4v) is 3.24. The summed E-state index contributed by atoms with van der Waals surface area (Å²) in [5.41, 5.74) is 3.18. The highest BCUT2D eigenvalue weighted by Crippen LogP contribution is 2.54. The Hall–Kier alpha value is -1.81. The molecule has 0 spiro atoms. The molecule has 0 aliphatic carbocycles. The molecule has 4 heteroatoms. The Morgan fingerprint density at radius 3 is 2.70 bits per heavy atom. The monoisotopic (exact) mass is 271 g/mol. The molecule has 0 N–H and O–H groups in total. The van der Waals surface area contributed by atoms with Crippen molar-refractivity contribution in [2.45, 2.75) is 45.5 Å². The summed E-state index contributed by atoms with van der Waals surface area (Å²) in [6, 6.07) is 5.82. The zero-order valence-corrected chi connectivity index (χ0v) is 12.1. The molecule has 1 fully saturated rings. The topological polar surface area (TPSA) is 48.7 Å². The number of aromatic nitrogens is 1. The summed E-state index contributed by atoms with van der Waals surface area (Å²) >= 11 is 0. The van der Waals surface area contributed by atoms with Gasteiger partial charge in [0.1, 0.15) is 23.6 Å². The lowest BCUT2D eigenvalue weighted by Crippen LogP contribution is -2.38. The van der Waals surface area contributed by atoms with Crippen LogP contribution in [0.1, 0.15) is 36.8 Å². The van der Waals surface area contributed by atoms with Crippen molar-refractivity contribution >= 4 is 10.9 Å². The third-order valence-corrected chi connectivity index (χ3v) is 4.37. The van der Waals surface area contributed by atoms with Crippen molar-refractivity contribution in [3.63, 3.8) is 0 Å². The van der Waals surface area contributed by atoms with Crippen LogP contribution in [-0.2, 0) is 4.74 Å². The number of nitrogens with zero attached hydrogens (tertiary/aromatic N) is 1. The van der Waals surface area contributed by atoms with E-state index in [1.807, 2.05) is 45.9 Å². The van der Waals surface area contributed by atoms with Gasteiger partial charge in [-0.25, -0.2) is 0 Å². The molecule has 4 rings (SSSR count). The molecule has 104 valence electrons. The first-order valence-corrected chi connectivity index (χ1v) is 6.90. The summed E-state index contributed by atoms with van der Waals surface area (Å²) in [7, 11) is 0. The van der Waals surface area contributed by atoms with E-state index in [-0.39, 0.29) is 17.8 Å². The Kier molecular flexibility index (Phi) is 2.06. The smallest absolute Gasteiger partial charge is 0.224 e. The van der Waals surface area contributed by atoms with Gasteiger partial charge in [-0.05, 0) is 32.4 Å². The van der Waals surface area contributed by atoms with Crippen molar-refractivity contribution < 1.29 is 14.2 Å². The molecule has 1 aromatic carbocycles. The second-order valence-electron chi connectivity index (χ2n) is 6.35. The van der Waals surface area contributed by atoms with Crippen LogP contribution in [0, 0.1) is 19.1 Å². The molecule has 2 atom stereocenters. The summed E-state index contributed by atoms with van der Waals surface area (Å²) in [6.45, 7) is 7.93. The molecular formula is C16H17NO3. The number of rotatable bonds is 0. The van der Waals surface area contributed by atoms with E-state index in [2.05, 4.69) is 0 Å². The van der Waals surface area contributed by atoms with Crippen LogP contribution in [0.25, 0.3) is 10.9 Å². The summed E-state index contributed by atoms with van der Waals surface area (Å²) in [4.78, 5) is 0. The molecule has 2 aliphatic rings. The highest BCUT2D eigenvalue weighted by atomic mass is 16.6. The van der Waals surface area contributed by atoms with Gasteiger partial charge in [0, 0.05) is 24.6 Å². The molecule has 4 nitrogen and oxygen atoms in total. The average molecular weight is 271 g/mol. The number of epoxide rings is 1. The maximum absolute atomic E-state index is 12.2. The summed E-state index contributed by atoms with van der Waals surface area (Å²) in [6.07, 6.45) is 0.164. The van der Waals surface area contributed by atoms with E-state index in [0.717, 1.165) is 27.0 Å². The normalized spacial score (nSPS) is 25.8. The number of pyridine rings is 1. The molecular weight excluding hydrogens is 254 g/mol. The van der Waals surface area contributed by atoms with Gasteiger partial charge in [-0.3, -0.25) is 0 Å². The first-order chi connectivity index (χ1) is 9.38. The minimum atomic E-state index is -0.308. The molecule has 2 aliphatic heterocycles. The predicted molar refractivity (Wildman–Crippen MR) is 74.7 cm³/mol. The van der Waals surface area contributed by atoms with E-state index in [1.165, 1.54) is 0 Å². The van der Waals surface area contributed by atoms with Gasteiger partial charge in [0.2, 0.25) is 5.52 Å². The fourth-order valence-electron chi connectivity index (χ4n) is 3.24. The molecule has 20 heavy (non-hydrogen) atoms. The largest absolute Gasteiger partial charge is 0.618 e. The fraction of sp³-hybridized carbons (Fsp3) is 0.438. The van der Waals surface area contributed by atoms with Gasteiger partial charge >= 0.3 is 0 Å². The van der Waals surface area contributed by atoms with E-state index in [4.69, 9.17) is 9.47 Å². The molecule has 2 aromatic rings. The zero-order valence-electron chi connectivity index (χ0n) is 12.1. The van der Waals surface area contributed by atoms with Crippen LogP contribution in [-0.4, -0.2) is 11.7 Å². The summed E-state index contributed by atoms with van der Waals surface area (Å²) in [5, 5.41) is 13.2. The Balaban J connectivity index is 2.02. The number of fused-ring (bicyclic) bond motifs is 4. The molecule has 3 heterocycles. The average Bonchev–Trinajstić information content (AvgIpc) is 3.16. The van der Waals surface area contributed by atoms with Gasteiger partial charge in [0.15, 0.2) is 5.69 Å². The Morgan fingerprint density at radius 2 is 1.95 bits per heavy atom. The van der Waals surface area contributed by atoms with E-state index in [1.54, 1.807) is 0 Å². The van der Waals surface area contributed by atoms with Crippen LogP contribution >= 0.6 is 0 Å². The lowest BCUT2D eigenvalue weighted by atomic mass is 9.93. The Bertz CT molecular complexity index is 751. The van der Waals surface area contributed by atoms with Gasteiger partial charge in [-0.1, -0.05) is 0 Å². The third-order valence-electron chi connectivity index (χ3n) is 4.37. The minimum absolute atomic E-state index is 0.0685. The van der Waals surface area contributed by atoms with Crippen molar-refractivity contribution in [1.29, 1.82) is 0 Å². The summed E-state index contributed by atoms with van der Waals surface area (Å²) in [5.74, 6) is 0.841. The van der Waals surface area contributed by atoms with Crippen LogP contribution in [0.5, 0.6) is 5.75 Å². The highest BCUT2D eigenvalue weighted by molar-refractivity contribution is 5.83. The molecule has 1 saturated heterocycles. The first-order valence-electron chi connectivity index (χ1n) is 6.90. The van der Waals surface area contributed by atoms with Gasteiger partial charge in [0.25, 0.3) is 0 Å². The van der Waals surface area contributed by atoms with Crippen LogP contribution in [0.15, 0.2) is 18.2 Å². The van der Waals surface area contributed by atoms with Gasteiger partial charge in [0.05, 0.1) is 5.39 Å². The van der Waals surface area contributed by atoms with Gasteiger partial charge in [-0.2, -0.15) is 4.73 Å². The molecule has 1 aromatic heterocycles. The lowest BCUT2D eigenvalue weighted by molar-refractivity contribution is -0.584. The van der Waals surface area contributed by atoms with E-state index >= 15 is 0 Å². The predicted octanol–water partition coefficient (Wildman–Crippen LogP) is 2.70. The Morgan fingerprint density at radius 1 is 1.20 bits per heavy atom. The van der Waals surface area contributed by atoms with E-state index in [9.17, 15) is 5.21 Å². The SMILES string of the molecule is Cc1cc(C)[n+]([O-])c2cc3c(cc12)OC(C)(C)C1OC31. The summed E-state index contributed by atoms with van der Waals surface area (Å²) < 4.78 is 12.8. The second kappa shape index (κ2) is 3.44. The van der Waals surface area contributed by atoms with Crippen molar-refractivity contribution in [2.24, 2.45) is 0 Å². The quantitative estimate of drug-likeness (QED) is 0.420. The van der Waals surface area contributed by atoms with Crippen molar-refractivity contribution in [2.75, 3.05) is 0 Å². The van der Waals surface area contributed by atoms with Gasteiger partial charge in [-0.15, -0.1) is 0 Å². The molecule has 0 saturated carbocycles. The van der Waals surface area contributed by atoms with Crippen LogP contribution in [0.4, 0.5) is 0 Å². The third kappa shape index (κ3) is 1.43. The first kappa shape index (κ1) is 12.0. The maximum atomic E-state index is 12.2. The van der Waals surface area contributed by atoms with Crippen molar-refractivity contribution in [1.82, 2.24) is 0 Å². The zero-order chi connectivity index (χ0) is 14.2. The highest BCUT2D eigenvalue weighted by Gasteiger charge is 2.57. The molecule has 0 amide bonds. The Labute approximate surface area is 117 Å². The van der Waals surface area contributed by atoms with Crippen LogP contribution in [0.2, 0.25) is 0 Å². The lowest BCUT2D eigenvalue weighted by Gasteiger charge is -2.29.